The highest BCUT2D eigenvalue weighted by Gasteiger charge is 2.11. The fourth-order valence-corrected chi connectivity index (χ4v) is 1.98. The first kappa shape index (κ1) is 10.5. The van der Waals surface area contributed by atoms with Gasteiger partial charge in [-0.25, -0.2) is 0 Å². The zero-order valence-electron chi connectivity index (χ0n) is 8.80. The zero-order chi connectivity index (χ0) is 11.8. The Bertz CT molecular complexity index is 673. The van der Waals surface area contributed by atoms with Gasteiger partial charge in [-0.15, -0.1) is 10.2 Å². The summed E-state index contributed by atoms with van der Waals surface area (Å²) in [6.07, 6.45) is 1.90. The third-order valence-corrected chi connectivity index (χ3v) is 2.92. The fourth-order valence-electron chi connectivity index (χ4n) is 1.64. The lowest BCUT2D eigenvalue weighted by Gasteiger charge is -1.97. The quantitative estimate of drug-likeness (QED) is 0.786. The summed E-state index contributed by atoms with van der Waals surface area (Å²) in [5, 5.41) is 8.18. The van der Waals surface area contributed by atoms with Crippen LogP contribution in [0.5, 0.6) is 0 Å². The van der Waals surface area contributed by atoms with Gasteiger partial charge in [0.1, 0.15) is 5.76 Å². The van der Waals surface area contributed by atoms with Crippen molar-refractivity contribution in [2.75, 3.05) is 0 Å². The van der Waals surface area contributed by atoms with Gasteiger partial charge in [0.05, 0.1) is 6.54 Å². The molecule has 0 aliphatic heterocycles. The van der Waals surface area contributed by atoms with Crippen LogP contribution in [0.2, 0.25) is 0 Å². The Morgan fingerprint density at radius 2 is 2.12 bits per heavy atom. The second-order valence-electron chi connectivity index (χ2n) is 3.57. The van der Waals surface area contributed by atoms with Crippen LogP contribution in [0, 0.1) is 0 Å². The van der Waals surface area contributed by atoms with E-state index in [1.807, 2.05) is 34.9 Å². The Morgan fingerprint density at radius 3 is 2.88 bits per heavy atom. The van der Waals surface area contributed by atoms with Crippen LogP contribution < -0.4 is 5.73 Å². The van der Waals surface area contributed by atoms with E-state index in [-0.39, 0.29) is 0 Å². The molecule has 3 heterocycles. The highest BCUT2D eigenvalue weighted by atomic mass is 79.9. The molecule has 3 rings (SSSR count). The molecular weight excluding hydrogens is 284 g/mol. The van der Waals surface area contributed by atoms with Gasteiger partial charge >= 0.3 is 0 Å². The number of halogens is 1. The molecule has 0 aromatic carbocycles. The van der Waals surface area contributed by atoms with Crippen LogP contribution in [0.25, 0.3) is 17.2 Å². The number of nitrogens with two attached hydrogens (primary N) is 1. The lowest BCUT2D eigenvalue weighted by molar-refractivity contribution is 0.521. The van der Waals surface area contributed by atoms with E-state index in [0.717, 1.165) is 15.9 Å². The minimum absolute atomic E-state index is 0.375. The van der Waals surface area contributed by atoms with Crippen LogP contribution in [0.3, 0.4) is 0 Å². The molecule has 2 N–H and O–H groups in total. The van der Waals surface area contributed by atoms with Crippen LogP contribution in [-0.4, -0.2) is 14.6 Å². The van der Waals surface area contributed by atoms with Gasteiger partial charge in [0.25, 0.3) is 0 Å². The molecule has 0 unspecified atom stereocenters. The summed E-state index contributed by atoms with van der Waals surface area (Å²) in [5.41, 5.74) is 6.28. The second-order valence-corrected chi connectivity index (χ2v) is 4.48. The Hall–Kier alpha value is -1.66. The topological polar surface area (TPSA) is 69.3 Å². The Morgan fingerprint density at radius 1 is 1.24 bits per heavy atom. The van der Waals surface area contributed by atoms with Crippen molar-refractivity contribution in [2.24, 2.45) is 5.73 Å². The summed E-state index contributed by atoms with van der Waals surface area (Å²) in [5.74, 6) is 2.06. The molecule has 3 aromatic rings. The third-order valence-electron chi connectivity index (χ3n) is 2.45. The summed E-state index contributed by atoms with van der Waals surface area (Å²) >= 11 is 3.42. The summed E-state index contributed by atoms with van der Waals surface area (Å²) in [6, 6.07) is 7.49. The van der Waals surface area contributed by atoms with E-state index >= 15 is 0 Å². The second kappa shape index (κ2) is 3.97. The van der Waals surface area contributed by atoms with Crippen molar-refractivity contribution >= 4 is 21.6 Å². The van der Waals surface area contributed by atoms with E-state index in [2.05, 4.69) is 26.1 Å². The molecule has 17 heavy (non-hydrogen) atoms. The largest absolute Gasteiger partial charge is 0.456 e. The summed E-state index contributed by atoms with van der Waals surface area (Å²) < 4.78 is 8.38. The number of fused-ring (bicyclic) bond motifs is 1. The Kier molecular flexibility index (Phi) is 2.45. The van der Waals surface area contributed by atoms with Crippen molar-refractivity contribution in [1.29, 1.82) is 0 Å². The summed E-state index contributed by atoms with van der Waals surface area (Å²) in [7, 11) is 0. The maximum atomic E-state index is 5.56. The molecule has 0 aliphatic rings. The van der Waals surface area contributed by atoms with Crippen LogP contribution in [0.4, 0.5) is 0 Å². The van der Waals surface area contributed by atoms with Gasteiger partial charge in [-0.05, 0) is 40.2 Å². The molecule has 0 saturated heterocycles. The molecule has 0 atom stereocenters. The van der Waals surface area contributed by atoms with Crippen LogP contribution in [0.15, 0.2) is 39.4 Å². The van der Waals surface area contributed by atoms with Crippen molar-refractivity contribution in [2.45, 2.75) is 6.54 Å². The molecule has 0 radical (unpaired) electrons. The van der Waals surface area contributed by atoms with Crippen molar-refractivity contribution < 1.29 is 4.42 Å². The number of pyridine rings is 1. The predicted molar refractivity (Wildman–Crippen MR) is 66.3 cm³/mol. The number of aromatic nitrogens is 3. The molecule has 3 aromatic heterocycles. The van der Waals surface area contributed by atoms with Crippen LogP contribution in [-0.2, 0) is 6.54 Å². The molecule has 0 amide bonds. The SMILES string of the molecule is NCc1ccc(-c2nnc3ccc(Br)cn23)o1. The number of hydrogen-bond acceptors (Lipinski definition) is 4. The summed E-state index contributed by atoms with van der Waals surface area (Å²) in [6.45, 7) is 0.375. The van der Waals surface area contributed by atoms with Gasteiger partial charge in [-0.1, -0.05) is 0 Å². The van der Waals surface area contributed by atoms with Gasteiger partial charge in [-0.2, -0.15) is 0 Å². The molecule has 0 bridgehead atoms. The van der Waals surface area contributed by atoms with E-state index < -0.39 is 0 Å². The molecule has 0 saturated carbocycles. The molecule has 0 aliphatic carbocycles. The van der Waals surface area contributed by atoms with Gasteiger partial charge in [0.2, 0.25) is 5.82 Å². The minimum atomic E-state index is 0.375. The van der Waals surface area contributed by atoms with E-state index in [0.29, 0.717) is 18.1 Å². The van der Waals surface area contributed by atoms with Crippen LogP contribution >= 0.6 is 15.9 Å². The number of rotatable bonds is 2. The average Bonchev–Trinajstić information content (AvgIpc) is 2.93. The highest BCUT2D eigenvalue weighted by molar-refractivity contribution is 9.10. The first-order chi connectivity index (χ1) is 8.28. The summed E-state index contributed by atoms with van der Waals surface area (Å²) in [4.78, 5) is 0. The number of furan rings is 1. The fraction of sp³-hybridized carbons (Fsp3) is 0.0909. The van der Waals surface area contributed by atoms with Crippen molar-refractivity contribution in [1.82, 2.24) is 14.6 Å². The molecule has 5 nitrogen and oxygen atoms in total. The normalized spacial score (nSPS) is 11.2. The molecule has 0 fully saturated rings. The van der Waals surface area contributed by atoms with Crippen molar-refractivity contribution in [3.63, 3.8) is 0 Å². The first-order valence-electron chi connectivity index (χ1n) is 5.07. The highest BCUT2D eigenvalue weighted by Crippen LogP contribution is 2.22. The van der Waals surface area contributed by atoms with E-state index in [1.165, 1.54) is 0 Å². The van der Waals surface area contributed by atoms with E-state index in [4.69, 9.17) is 10.2 Å². The molecule has 6 heteroatoms. The van der Waals surface area contributed by atoms with Crippen molar-refractivity contribution in [3.8, 4) is 11.6 Å². The lowest BCUT2D eigenvalue weighted by atomic mass is 10.4. The smallest absolute Gasteiger partial charge is 0.204 e. The van der Waals surface area contributed by atoms with Gasteiger partial charge in [0.15, 0.2) is 11.4 Å². The number of nitrogens with zero attached hydrogens (tertiary/aromatic N) is 3. The third kappa shape index (κ3) is 1.75. The molecule has 86 valence electrons. The minimum Gasteiger partial charge on any atom is -0.456 e. The maximum absolute atomic E-state index is 5.56. The van der Waals surface area contributed by atoms with Gasteiger partial charge in [-0.3, -0.25) is 4.40 Å². The lowest BCUT2D eigenvalue weighted by Crippen LogP contribution is -1.93. The van der Waals surface area contributed by atoms with Crippen molar-refractivity contribution in [3.05, 3.63) is 40.7 Å². The standard InChI is InChI=1S/C11H9BrN4O/c12-7-1-4-10-14-15-11(16(10)6-7)9-3-2-8(5-13)17-9/h1-4,6H,5,13H2. The first-order valence-corrected chi connectivity index (χ1v) is 5.86. The zero-order valence-corrected chi connectivity index (χ0v) is 10.4. The van der Waals surface area contributed by atoms with Gasteiger partial charge in [0, 0.05) is 10.7 Å². The molecular formula is C11H9BrN4O. The maximum Gasteiger partial charge on any atom is 0.204 e. The molecule has 0 spiro atoms. The van der Waals surface area contributed by atoms with E-state index in [9.17, 15) is 0 Å². The Labute approximate surface area is 105 Å². The monoisotopic (exact) mass is 292 g/mol. The average molecular weight is 293 g/mol. The van der Waals surface area contributed by atoms with Crippen LogP contribution in [0.1, 0.15) is 5.76 Å². The predicted octanol–water partition coefficient (Wildman–Crippen LogP) is 2.21. The Balaban J connectivity index is 2.19. The number of hydrogen-bond donors (Lipinski definition) is 1. The van der Waals surface area contributed by atoms with E-state index in [1.54, 1.807) is 0 Å². The van der Waals surface area contributed by atoms with Gasteiger partial charge < -0.3 is 10.2 Å².